The van der Waals surface area contributed by atoms with Gasteiger partial charge in [0.1, 0.15) is 17.8 Å². The fourth-order valence-electron chi connectivity index (χ4n) is 2.05. The van der Waals surface area contributed by atoms with Crippen molar-refractivity contribution in [2.45, 2.75) is 6.54 Å². The normalized spacial score (nSPS) is 10.3. The Labute approximate surface area is 154 Å². The number of anilines is 2. The number of aromatic nitrogens is 3. The molecule has 3 aromatic rings. The van der Waals surface area contributed by atoms with Crippen LogP contribution in [0.15, 0.2) is 55.1 Å². The first-order valence-corrected chi connectivity index (χ1v) is 8.08. The summed E-state index contributed by atoms with van der Waals surface area (Å²) in [4.78, 5) is 24.3. The molecule has 0 saturated carbocycles. The quantitative estimate of drug-likeness (QED) is 0.709. The number of carbonyl (C=O) groups is 1. The Bertz CT molecular complexity index is 889. The van der Waals surface area contributed by atoms with Crippen LogP contribution >= 0.6 is 23.2 Å². The first-order chi connectivity index (χ1) is 12.1. The third kappa shape index (κ3) is 4.65. The van der Waals surface area contributed by atoms with Crippen LogP contribution in [0.25, 0.3) is 0 Å². The molecule has 126 valence electrons. The fraction of sp³-hybridized carbons (Fsp3) is 0.0588. The van der Waals surface area contributed by atoms with Crippen molar-refractivity contribution in [2.24, 2.45) is 0 Å². The van der Waals surface area contributed by atoms with E-state index in [1.807, 2.05) is 12.1 Å². The van der Waals surface area contributed by atoms with Crippen LogP contribution in [0.4, 0.5) is 11.5 Å². The number of nitrogens with zero attached hydrogens (tertiary/aromatic N) is 3. The van der Waals surface area contributed by atoms with E-state index in [4.69, 9.17) is 23.2 Å². The van der Waals surface area contributed by atoms with Gasteiger partial charge in [-0.2, -0.15) is 0 Å². The standard InChI is InChI=1S/C17H13Cl2N5O/c18-12-1-2-14(13(19)7-12)24-16-8-15(22-10-23-16)17(25)21-9-11-3-5-20-6-4-11/h1-8,10H,9H2,(H,21,25)(H,22,23,24). The van der Waals surface area contributed by atoms with Gasteiger partial charge in [0.15, 0.2) is 0 Å². The van der Waals surface area contributed by atoms with Crippen molar-refractivity contribution in [1.82, 2.24) is 20.3 Å². The van der Waals surface area contributed by atoms with Crippen molar-refractivity contribution >= 4 is 40.6 Å². The second kappa shape index (κ2) is 7.92. The van der Waals surface area contributed by atoms with Crippen molar-refractivity contribution in [1.29, 1.82) is 0 Å². The highest BCUT2D eigenvalue weighted by Gasteiger charge is 2.10. The van der Waals surface area contributed by atoms with Gasteiger partial charge in [0.25, 0.3) is 5.91 Å². The third-order valence-corrected chi connectivity index (χ3v) is 3.84. The van der Waals surface area contributed by atoms with Crippen LogP contribution in [0, 0.1) is 0 Å². The van der Waals surface area contributed by atoms with Gasteiger partial charge in [-0.05, 0) is 35.9 Å². The van der Waals surface area contributed by atoms with Crippen LogP contribution in [-0.2, 0) is 6.54 Å². The highest BCUT2D eigenvalue weighted by Crippen LogP contribution is 2.27. The zero-order valence-corrected chi connectivity index (χ0v) is 14.4. The van der Waals surface area contributed by atoms with Crippen molar-refractivity contribution in [3.05, 3.63) is 76.4 Å². The Morgan fingerprint density at radius 2 is 1.84 bits per heavy atom. The molecule has 1 aromatic carbocycles. The van der Waals surface area contributed by atoms with Gasteiger partial charge >= 0.3 is 0 Å². The van der Waals surface area contributed by atoms with E-state index in [0.717, 1.165) is 5.56 Å². The second-order valence-corrected chi connectivity index (χ2v) is 5.92. The summed E-state index contributed by atoms with van der Waals surface area (Å²) < 4.78 is 0. The molecule has 2 heterocycles. The largest absolute Gasteiger partial charge is 0.347 e. The summed E-state index contributed by atoms with van der Waals surface area (Å²) >= 11 is 12.0. The van der Waals surface area contributed by atoms with E-state index in [9.17, 15) is 4.79 Å². The molecule has 0 saturated heterocycles. The molecular weight excluding hydrogens is 361 g/mol. The Hall–Kier alpha value is -2.70. The molecular formula is C17H13Cl2N5O. The van der Waals surface area contributed by atoms with Crippen LogP contribution in [-0.4, -0.2) is 20.9 Å². The smallest absolute Gasteiger partial charge is 0.270 e. The highest BCUT2D eigenvalue weighted by molar-refractivity contribution is 6.36. The van der Waals surface area contributed by atoms with Crippen LogP contribution in [0.3, 0.4) is 0 Å². The predicted octanol–water partition coefficient (Wildman–Crippen LogP) is 3.85. The van der Waals surface area contributed by atoms with E-state index in [2.05, 4.69) is 25.6 Å². The first-order valence-electron chi connectivity index (χ1n) is 7.33. The number of rotatable bonds is 5. The van der Waals surface area contributed by atoms with Gasteiger partial charge < -0.3 is 10.6 Å². The summed E-state index contributed by atoms with van der Waals surface area (Å²) in [6.07, 6.45) is 4.65. The summed E-state index contributed by atoms with van der Waals surface area (Å²) in [5, 5.41) is 6.83. The van der Waals surface area contributed by atoms with Crippen molar-refractivity contribution in [2.75, 3.05) is 5.32 Å². The second-order valence-electron chi connectivity index (χ2n) is 5.08. The van der Waals surface area contributed by atoms with Crippen LogP contribution in [0.1, 0.15) is 16.1 Å². The molecule has 1 amide bonds. The maximum atomic E-state index is 12.2. The van der Waals surface area contributed by atoms with Gasteiger partial charge in [-0.15, -0.1) is 0 Å². The Balaban J connectivity index is 1.69. The summed E-state index contributed by atoms with van der Waals surface area (Å²) in [6, 6.07) is 10.3. The molecule has 0 bridgehead atoms. The number of hydrogen-bond donors (Lipinski definition) is 2. The number of carbonyl (C=O) groups excluding carboxylic acids is 1. The van der Waals surface area contributed by atoms with Gasteiger partial charge in [-0.1, -0.05) is 23.2 Å². The van der Waals surface area contributed by atoms with E-state index in [1.54, 1.807) is 36.7 Å². The fourth-order valence-corrected chi connectivity index (χ4v) is 2.51. The maximum absolute atomic E-state index is 12.2. The molecule has 0 spiro atoms. The van der Waals surface area contributed by atoms with Crippen molar-refractivity contribution in [3.63, 3.8) is 0 Å². The molecule has 0 aliphatic carbocycles. The lowest BCUT2D eigenvalue weighted by molar-refractivity contribution is 0.0946. The third-order valence-electron chi connectivity index (χ3n) is 3.30. The van der Waals surface area contributed by atoms with Gasteiger partial charge in [0, 0.05) is 30.0 Å². The molecule has 2 N–H and O–H groups in total. The SMILES string of the molecule is O=C(NCc1ccncc1)c1cc(Nc2ccc(Cl)cc2Cl)ncn1. The Morgan fingerprint density at radius 3 is 2.60 bits per heavy atom. The Kier molecular flexibility index (Phi) is 5.42. The minimum Gasteiger partial charge on any atom is -0.347 e. The van der Waals surface area contributed by atoms with Gasteiger partial charge in [0.05, 0.1) is 10.7 Å². The van der Waals surface area contributed by atoms with E-state index in [0.29, 0.717) is 28.1 Å². The van der Waals surface area contributed by atoms with E-state index >= 15 is 0 Å². The molecule has 0 fully saturated rings. The number of benzene rings is 1. The molecule has 0 aliphatic rings. The summed E-state index contributed by atoms with van der Waals surface area (Å²) in [5.74, 6) is 0.151. The van der Waals surface area contributed by atoms with Crippen LogP contribution in [0.2, 0.25) is 10.0 Å². The molecule has 6 nitrogen and oxygen atoms in total. The highest BCUT2D eigenvalue weighted by atomic mass is 35.5. The summed E-state index contributed by atoms with van der Waals surface area (Å²) in [7, 11) is 0. The van der Waals surface area contributed by atoms with Crippen molar-refractivity contribution in [3.8, 4) is 0 Å². The van der Waals surface area contributed by atoms with Crippen molar-refractivity contribution < 1.29 is 4.79 Å². The topological polar surface area (TPSA) is 79.8 Å². The maximum Gasteiger partial charge on any atom is 0.270 e. The molecule has 2 aromatic heterocycles. The van der Waals surface area contributed by atoms with Crippen LogP contribution in [0.5, 0.6) is 0 Å². The number of halogens is 2. The van der Waals surface area contributed by atoms with E-state index < -0.39 is 0 Å². The molecule has 0 atom stereocenters. The number of pyridine rings is 1. The molecule has 8 heteroatoms. The lowest BCUT2D eigenvalue weighted by Crippen LogP contribution is -2.24. The number of hydrogen-bond acceptors (Lipinski definition) is 5. The zero-order chi connectivity index (χ0) is 17.6. The molecule has 0 radical (unpaired) electrons. The van der Waals surface area contributed by atoms with Gasteiger partial charge in [0.2, 0.25) is 0 Å². The molecule has 0 unspecified atom stereocenters. The predicted molar refractivity (Wildman–Crippen MR) is 97.2 cm³/mol. The average Bonchev–Trinajstić information content (AvgIpc) is 2.63. The van der Waals surface area contributed by atoms with Gasteiger partial charge in [-0.25, -0.2) is 9.97 Å². The molecule has 0 aliphatic heterocycles. The van der Waals surface area contributed by atoms with Gasteiger partial charge in [-0.3, -0.25) is 9.78 Å². The zero-order valence-electron chi connectivity index (χ0n) is 12.9. The molecule has 3 rings (SSSR count). The number of nitrogens with one attached hydrogen (secondary N) is 2. The average molecular weight is 374 g/mol. The lowest BCUT2D eigenvalue weighted by Gasteiger charge is -2.09. The number of amides is 1. The first kappa shape index (κ1) is 17.1. The lowest BCUT2D eigenvalue weighted by atomic mass is 10.2. The molecule has 25 heavy (non-hydrogen) atoms. The Morgan fingerprint density at radius 1 is 1.04 bits per heavy atom. The minimum atomic E-state index is -0.301. The minimum absolute atomic E-state index is 0.247. The summed E-state index contributed by atoms with van der Waals surface area (Å²) in [6.45, 7) is 0.386. The van der Waals surface area contributed by atoms with Crippen LogP contribution < -0.4 is 10.6 Å². The van der Waals surface area contributed by atoms with E-state index in [1.165, 1.54) is 6.33 Å². The monoisotopic (exact) mass is 373 g/mol. The summed E-state index contributed by atoms with van der Waals surface area (Å²) in [5.41, 5.74) is 1.83. The van der Waals surface area contributed by atoms with E-state index in [-0.39, 0.29) is 11.6 Å².